The van der Waals surface area contributed by atoms with Crippen molar-refractivity contribution < 1.29 is 23.9 Å². The van der Waals surface area contributed by atoms with Gasteiger partial charge in [0.15, 0.2) is 0 Å². The van der Waals surface area contributed by atoms with Gasteiger partial charge >= 0.3 is 18.2 Å². The minimum atomic E-state index is -0.742. The van der Waals surface area contributed by atoms with E-state index in [9.17, 15) is 19.2 Å². The average Bonchev–Trinajstić information content (AvgIpc) is 3.50. The van der Waals surface area contributed by atoms with E-state index in [1.165, 1.54) is 0 Å². The molecule has 4 aliphatic rings. The van der Waals surface area contributed by atoms with Crippen molar-refractivity contribution in [3.05, 3.63) is 59.3 Å². The number of aromatic amines is 1. The lowest BCUT2D eigenvalue weighted by molar-refractivity contribution is -0.136. The molecule has 6 amide bonds. The molecular weight excluding hydrogens is 612 g/mol. The number of aromatic nitrogens is 2. The number of fused-ring (bicyclic) bond motifs is 4. The second kappa shape index (κ2) is 12.7. The van der Waals surface area contributed by atoms with E-state index in [0.717, 1.165) is 33.3 Å². The van der Waals surface area contributed by atoms with Crippen LogP contribution in [-0.2, 0) is 29.0 Å². The lowest BCUT2D eigenvalue weighted by Gasteiger charge is -2.41. The highest BCUT2D eigenvalue weighted by molar-refractivity contribution is 5.93. The largest absolute Gasteiger partial charge is 0.444 e. The van der Waals surface area contributed by atoms with Crippen LogP contribution in [0.1, 0.15) is 63.1 Å². The Morgan fingerprint density at radius 2 is 1.56 bits per heavy atom. The molecule has 0 bridgehead atoms. The number of benzene rings is 2. The van der Waals surface area contributed by atoms with Crippen molar-refractivity contribution in [1.82, 2.24) is 35.1 Å². The molecule has 3 N–H and O–H groups in total. The Morgan fingerprint density at radius 1 is 0.875 bits per heavy atom. The fourth-order valence-corrected chi connectivity index (χ4v) is 7.50. The molecule has 5 heterocycles. The second-order valence-corrected chi connectivity index (χ2v) is 14.3. The normalized spacial score (nSPS) is 21.0. The van der Waals surface area contributed by atoms with E-state index in [2.05, 4.69) is 20.8 Å². The molecule has 7 rings (SSSR count). The summed E-state index contributed by atoms with van der Waals surface area (Å²) in [6.45, 7) is 8.45. The lowest BCUT2D eigenvalue weighted by Crippen LogP contribution is -2.57. The Labute approximate surface area is 279 Å². The van der Waals surface area contributed by atoms with Crippen LogP contribution in [0.4, 0.5) is 20.1 Å². The molecule has 1 aromatic heterocycles. The van der Waals surface area contributed by atoms with Crippen LogP contribution in [0.5, 0.6) is 0 Å². The Bertz CT molecular complexity index is 1720. The predicted molar refractivity (Wildman–Crippen MR) is 179 cm³/mol. The number of para-hydroxylation sites is 1. The Kier molecular flexibility index (Phi) is 8.38. The maximum Gasteiger partial charge on any atom is 0.410 e. The van der Waals surface area contributed by atoms with Gasteiger partial charge in [-0.1, -0.05) is 24.3 Å². The molecule has 0 aliphatic carbocycles. The molecule has 2 fully saturated rings. The number of urea groups is 2. The molecule has 0 radical (unpaired) electrons. The van der Waals surface area contributed by atoms with Gasteiger partial charge in [-0.25, -0.2) is 14.4 Å². The maximum atomic E-state index is 14.3. The molecule has 13 nitrogen and oxygen atoms in total. The van der Waals surface area contributed by atoms with E-state index in [1.807, 2.05) is 67.0 Å². The summed E-state index contributed by atoms with van der Waals surface area (Å²) in [6, 6.07) is 10.6. The van der Waals surface area contributed by atoms with Crippen LogP contribution in [0.15, 0.2) is 42.6 Å². The summed E-state index contributed by atoms with van der Waals surface area (Å²) < 4.78 is 5.59. The summed E-state index contributed by atoms with van der Waals surface area (Å²) in [6.07, 6.45) is 4.38. The number of carbonyl (C=O) groups excluding carboxylic acids is 4. The minimum Gasteiger partial charge on any atom is -0.444 e. The Hall–Kier alpha value is -4.81. The molecule has 1 atom stereocenters. The standard InChI is InChI=1S/C35H44N8O5/c1-35(2,3)48-34(47)41-16-12-24(13-17-41)42-21-27-22(8-9-29-26(27)19-36-39-29)18-30(31(42)44)38-32(45)40-14-10-25(11-15-40)43-20-23-6-4-5-7-28(23)37-33(43)46/h4-9,19,24-25,30H,10-18,20-21H2,1-3H3,(H,36,39)(H,37,46)(H,38,45). The zero-order valence-electron chi connectivity index (χ0n) is 27.8. The topological polar surface area (TPSA) is 143 Å². The first-order valence-corrected chi connectivity index (χ1v) is 17.0. The van der Waals surface area contributed by atoms with Gasteiger partial charge in [-0.2, -0.15) is 5.10 Å². The highest BCUT2D eigenvalue weighted by Gasteiger charge is 2.39. The average molecular weight is 657 g/mol. The number of nitrogens with one attached hydrogen (secondary N) is 3. The molecule has 0 spiro atoms. The fourth-order valence-electron chi connectivity index (χ4n) is 7.50. The number of carbonyl (C=O) groups is 4. The number of ether oxygens (including phenoxy) is 1. The number of rotatable bonds is 3. The first-order valence-electron chi connectivity index (χ1n) is 17.0. The van der Waals surface area contributed by atoms with Gasteiger partial charge in [0.05, 0.1) is 11.7 Å². The molecule has 48 heavy (non-hydrogen) atoms. The number of hydrogen-bond acceptors (Lipinski definition) is 6. The van der Waals surface area contributed by atoms with Crippen molar-refractivity contribution in [3.8, 4) is 0 Å². The summed E-state index contributed by atoms with van der Waals surface area (Å²) in [7, 11) is 0. The second-order valence-electron chi connectivity index (χ2n) is 14.3. The van der Waals surface area contributed by atoms with E-state index in [4.69, 9.17) is 4.74 Å². The summed E-state index contributed by atoms with van der Waals surface area (Å²) in [5.74, 6) is -0.120. The molecule has 2 aromatic carbocycles. The third-order valence-electron chi connectivity index (χ3n) is 10.1. The molecule has 13 heteroatoms. The molecule has 1 unspecified atom stereocenters. The Morgan fingerprint density at radius 3 is 2.29 bits per heavy atom. The molecule has 2 saturated heterocycles. The minimum absolute atomic E-state index is 0.0215. The van der Waals surface area contributed by atoms with Gasteiger partial charge in [0.2, 0.25) is 5.91 Å². The van der Waals surface area contributed by atoms with Gasteiger partial charge in [-0.05, 0) is 75.3 Å². The van der Waals surface area contributed by atoms with Gasteiger partial charge in [0.1, 0.15) is 11.6 Å². The summed E-state index contributed by atoms with van der Waals surface area (Å²) >= 11 is 0. The van der Waals surface area contributed by atoms with Gasteiger partial charge in [-0.3, -0.25) is 9.89 Å². The summed E-state index contributed by atoms with van der Waals surface area (Å²) in [5, 5.41) is 14.3. The quantitative estimate of drug-likeness (QED) is 0.381. The number of H-pyrrole nitrogens is 1. The number of amides is 6. The van der Waals surface area contributed by atoms with Crippen LogP contribution in [0.3, 0.4) is 0 Å². The van der Waals surface area contributed by atoms with Crippen molar-refractivity contribution in [2.24, 2.45) is 0 Å². The number of nitrogens with zero attached hydrogens (tertiary/aromatic N) is 5. The fraction of sp³-hybridized carbons (Fsp3) is 0.514. The van der Waals surface area contributed by atoms with Crippen molar-refractivity contribution in [3.63, 3.8) is 0 Å². The molecule has 4 aliphatic heterocycles. The number of anilines is 1. The number of hydrogen-bond donors (Lipinski definition) is 3. The highest BCUT2D eigenvalue weighted by atomic mass is 16.6. The predicted octanol–water partition coefficient (Wildman–Crippen LogP) is 4.44. The van der Waals surface area contributed by atoms with Crippen molar-refractivity contribution >= 4 is 40.7 Å². The smallest absolute Gasteiger partial charge is 0.410 e. The van der Waals surface area contributed by atoms with Crippen LogP contribution in [0, 0.1) is 0 Å². The summed E-state index contributed by atoms with van der Waals surface area (Å²) in [5.41, 5.74) is 4.29. The number of likely N-dealkylation sites (tertiary alicyclic amines) is 2. The zero-order chi connectivity index (χ0) is 33.6. The Balaban J connectivity index is 1.04. The van der Waals surface area contributed by atoms with Crippen molar-refractivity contribution in [2.45, 2.75) is 89.7 Å². The summed E-state index contributed by atoms with van der Waals surface area (Å²) in [4.78, 5) is 60.9. The van der Waals surface area contributed by atoms with E-state index in [0.29, 0.717) is 71.4 Å². The molecular formula is C35H44N8O5. The molecule has 254 valence electrons. The molecule has 3 aromatic rings. The third kappa shape index (κ3) is 6.37. The van der Waals surface area contributed by atoms with Crippen LogP contribution < -0.4 is 10.6 Å². The first-order chi connectivity index (χ1) is 23.0. The monoisotopic (exact) mass is 656 g/mol. The first kappa shape index (κ1) is 31.8. The zero-order valence-corrected chi connectivity index (χ0v) is 27.8. The third-order valence-corrected chi connectivity index (χ3v) is 10.1. The number of piperidine rings is 2. The van der Waals surface area contributed by atoms with Gasteiger partial charge < -0.3 is 35.0 Å². The van der Waals surface area contributed by atoms with Crippen LogP contribution in [0.2, 0.25) is 0 Å². The van der Waals surface area contributed by atoms with E-state index in [1.54, 1.807) is 16.0 Å². The van der Waals surface area contributed by atoms with Crippen molar-refractivity contribution in [1.29, 1.82) is 0 Å². The van der Waals surface area contributed by atoms with Gasteiger partial charge in [0.25, 0.3) is 0 Å². The highest BCUT2D eigenvalue weighted by Crippen LogP contribution is 2.31. The van der Waals surface area contributed by atoms with Gasteiger partial charge in [-0.15, -0.1) is 0 Å². The van der Waals surface area contributed by atoms with E-state index in [-0.39, 0.29) is 36.1 Å². The van der Waals surface area contributed by atoms with Crippen LogP contribution in [0.25, 0.3) is 10.9 Å². The lowest BCUT2D eigenvalue weighted by atomic mass is 9.98. The van der Waals surface area contributed by atoms with Crippen LogP contribution >= 0.6 is 0 Å². The maximum absolute atomic E-state index is 14.3. The SMILES string of the molecule is CC(C)(C)OC(=O)N1CCC(N2Cc3c(ccc4[nH]ncc34)CC(NC(=O)N3CCC(N4Cc5ccccc5NC4=O)CC3)C2=O)CC1. The van der Waals surface area contributed by atoms with Gasteiger partial charge in [0, 0.05) is 68.8 Å². The molecule has 0 saturated carbocycles. The van der Waals surface area contributed by atoms with E-state index >= 15 is 0 Å². The van der Waals surface area contributed by atoms with E-state index < -0.39 is 11.6 Å². The van der Waals surface area contributed by atoms with Crippen LogP contribution in [-0.4, -0.2) is 104 Å². The van der Waals surface area contributed by atoms with Crippen molar-refractivity contribution in [2.75, 3.05) is 31.5 Å².